The normalized spacial score (nSPS) is 17.7. The first-order valence-corrected chi connectivity index (χ1v) is 23.3. The predicted molar refractivity (Wildman–Crippen MR) is 240 cm³/mol. The second kappa shape index (κ2) is 32.2. The van der Waals surface area contributed by atoms with Crippen molar-refractivity contribution in [3.05, 3.63) is 106 Å². The number of benzene rings is 2. The average molecular weight is 1290 g/mol. The van der Waals surface area contributed by atoms with E-state index in [0.29, 0.717) is 17.2 Å². The van der Waals surface area contributed by atoms with Crippen LogP contribution in [-0.2, 0) is 36.8 Å². The molecule has 340 valence electrons. The summed E-state index contributed by atoms with van der Waals surface area (Å²) < 4.78 is 50.8. The molecule has 0 aliphatic heterocycles. The molecule has 1 N–H and O–H groups in total. The molecule has 0 amide bonds. The molecule has 2 saturated carbocycles. The van der Waals surface area contributed by atoms with Crippen molar-refractivity contribution < 1.29 is 182 Å². The minimum Gasteiger partial charge on any atom is -1.00 e. The maximum absolute atomic E-state index is 11.1. The maximum Gasteiger partial charge on any atom is 1.00 e. The number of phenolic OH excluding ortho intramolecular Hbond substituents is 1. The first-order valence-electron chi connectivity index (χ1n) is 20.6. The summed E-state index contributed by atoms with van der Waals surface area (Å²) in [5, 5.41) is 19.5. The Morgan fingerprint density at radius 2 is 1.25 bits per heavy atom. The van der Waals surface area contributed by atoms with Gasteiger partial charge in [-0.05, 0) is 126 Å². The van der Waals surface area contributed by atoms with Gasteiger partial charge in [0, 0.05) is 45.1 Å². The van der Waals surface area contributed by atoms with E-state index in [1.807, 2.05) is 56.6 Å². The van der Waals surface area contributed by atoms with Crippen LogP contribution in [0.2, 0.25) is 0 Å². The molecule has 4 aromatic heterocycles. The van der Waals surface area contributed by atoms with E-state index in [4.69, 9.17) is 20.3 Å². The molecule has 0 spiro atoms. The second-order valence-corrected chi connectivity index (χ2v) is 18.2. The fraction of sp³-hybridized carbons (Fsp3) is 0.419. The number of aromatic nitrogens is 8. The first kappa shape index (κ1) is 58.5. The molecule has 2 aromatic carbocycles. The monoisotopic (exact) mass is 1280 g/mol. The van der Waals surface area contributed by atoms with E-state index in [1.165, 1.54) is 6.33 Å². The SMILES string of the molecule is Cc1nccc(CC2CCC(OS(C)(=O)=O)CC2)n1.Cc1nccc(CC2CCC(Oc3cc(Br)cc4ncncc34)CC2)n1.O=CO[O-].Oc1cc(Br)cc2ncncc12.[2H]CF.[Cs+].[Cs+].[H-]. The molecule has 0 atom stereocenters. The molecule has 4 heterocycles. The van der Waals surface area contributed by atoms with Gasteiger partial charge < -0.3 is 21.4 Å². The molecule has 16 nitrogen and oxygen atoms in total. The van der Waals surface area contributed by atoms with Crippen LogP contribution in [0.1, 0.15) is 77.2 Å². The van der Waals surface area contributed by atoms with Crippen LogP contribution in [0.4, 0.5) is 4.39 Å². The minimum absolute atomic E-state index is 0. The van der Waals surface area contributed by atoms with Gasteiger partial charge in [0.2, 0.25) is 0 Å². The number of alkyl halides is 1. The average Bonchev–Trinajstić information content (AvgIpc) is 3.25. The Morgan fingerprint density at radius 3 is 1.71 bits per heavy atom. The number of carbonyl (C=O) groups is 1. The summed E-state index contributed by atoms with van der Waals surface area (Å²) >= 11 is 6.81. The minimum atomic E-state index is -3.33. The van der Waals surface area contributed by atoms with Gasteiger partial charge in [-0.2, -0.15) is 8.42 Å². The molecule has 8 rings (SSSR count). The van der Waals surface area contributed by atoms with Gasteiger partial charge in [-0.1, -0.05) is 31.9 Å². The Kier molecular flexibility index (Phi) is 29.0. The molecule has 2 aliphatic carbocycles. The fourth-order valence-electron chi connectivity index (χ4n) is 7.29. The van der Waals surface area contributed by atoms with Crippen LogP contribution >= 0.6 is 31.9 Å². The molecule has 6 aromatic rings. The van der Waals surface area contributed by atoms with Gasteiger partial charge in [-0.25, -0.2) is 39.9 Å². The van der Waals surface area contributed by atoms with Crippen molar-refractivity contribution in [3.63, 3.8) is 0 Å². The summed E-state index contributed by atoms with van der Waals surface area (Å²) in [6.07, 6.45) is 21.3. The number of hydrogen-bond acceptors (Lipinski definition) is 16. The standard InChI is InChI=1S/C20H21BrN4O.C13H20N2O3S.C8H5BrN2O.CH3F.CH2O3.2Cs.H/c1-13-23-7-6-16(25-13)8-14-2-4-17(5-3-14)26-20-10-15(21)9-19-18(20)11-22-12-24-19;1-10-14-8-7-12(15-10)9-11-3-5-13(6-4-11)18-19(2,16)17;9-5-1-7-6(8(12)2-5)3-10-4-11-7;1-2;2-1-4-3;;;/h6-7,9-12,14,17H,2-5,8H2,1H3;7-8,11,13H,3-6,9H2,1-2H3;1-4,12H;1H3;1,3H;;;/q;;;;;2*+1;-1/p-1/i;;;1D;;;;. The zero-order valence-electron chi connectivity index (χ0n) is 39.0. The molecule has 65 heavy (non-hydrogen) atoms. The smallest absolute Gasteiger partial charge is 1.00 e. The van der Waals surface area contributed by atoms with Gasteiger partial charge in [0.15, 0.2) is 0 Å². The summed E-state index contributed by atoms with van der Waals surface area (Å²) in [6, 6.07) is 11.4. The van der Waals surface area contributed by atoms with Crippen molar-refractivity contribution >= 4 is 70.3 Å². The van der Waals surface area contributed by atoms with Crippen LogP contribution in [0.3, 0.4) is 0 Å². The summed E-state index contributed by atoms with van der Waals surface area (Å²) in [6.45, 7) is 3.65. The Bertz CT molecular complexity index is 2510. The quantitative estimate of drug-likeness (QED) is 0.0943. The van der Waals surface area contributed by atoms with Crippen LogP contribution in [0, 0.1) is 25.7 Å². The van der Waals surface area contributed by atoms with Gasteiger partial charge in [-0.3, -0.25) is 13.4 Å². The third kappa shape index (κ3) is 22.2. The topological polar surface area (TPSA) is 225 Å². The van der Waals surface area contributed by atoms with Gasteiger partial charge in [0.05, 0.1) is 48.8 Å². The molecule has 0 saturated heterocycles. The summed E-state index contributed by atoms with van der Waals surface area (Å²) in [5.41, 5.74) is 3.85. The van der Waals surface area contributed by atoms with E-state index in [2.05, 4.69) is 76.6 Å². The van der Waals surface area contributed by atoms with Gasteiger partial charge in [-0.15, -0.1) is 0 Å². The summed E-state index contributed by atoms with van der Waals surface area (Å²) in [4.78, 5) is 44.8. The number of ether oxygens (including phenoxy) is 1. The number of hydrogen-bond donors (Lipinski definition) is 1. The number of halogens is 3. The third-order valence-electron chi connectivity index (χ3n) is 10.0. The van der Waals surface area contributed by atoms with Crippen LogP contribution in [0.25, 0.3) is 21.8 Å². The largest absolute Gasteiger partial charge is 1.00 e. The van der Waals surface area contributed by atoms with Crippen molar-refractivity contribution in [1.29, 1.82) is 0 Å². The van der Waals surface area contributed by atoms with Crippen LogP contribution in [0.5, 0.6) is 11.5 Å². The van der Waals surface area contributed by atoms with Crippen LogP contribution in [0.15, 0.2) is 82.8 Å². The zero-order valence-corrected chi connectivity index (χ0v) is 53.6. The van der Waals surface area contributed by atoms with E-state index in [9.17, 15) is 17.9 Å². The summed E-state index contributed by atoms with van der Waals surface area (Å²) in [5.74, 6) is 3.94. The van der Waals surface area contributed by atoms with E-state index < -0.39 is 17.3 Å². The Hall–Kier alpha value is -0.786. The Balaban J connectivity index is 0.000000482. The molecular formula is C43H51Br2Cs2FN8O8S. The van der Waals surface area contributed by atoms with Crippen molar-refractivity contribution in [3.8, 4) is 11.5 Å². The fourth-order valence-corrected chi connectivity index (χ4v) is 8.84. The zero-order chi connectivity index (χ0) is 46.5. The molecule has 0 radical (unpaired) electrons. The third-order valence-corrected chi connectivity index (χ3v) is 11.6. The van der Waals surface area contributed by atoms with E-state index in [0.717, 1.165) is 125 Å². The van der Waals surface area contributed by atoms with Crippen LogP contribution < -0.4 is 148 Å². The molecule has 0 unspecified atom stereocenters. The molecule has 2 aliphatic rings. The predicted octanol–water partition coefficient (Wildman–Crippen LogP) is 1.77. The van der Waals surface area contributed by atoms with Crippen molar-refractivity contribution in [2.24, 2.45) is 11.8 Å². The van der Waals surface area contributed by atoms with E-state index in [1.54, 1.807) is 24.8 Å². The van der Waals surface area contributed by atoms with Crippen molar-refractivity contribution in [2.75, 3.05) is 13.4 Å². The maximum atomic E-state index is 11.1. The number of aryl methyl sites for hydroxylation is 2. The first-order chi connectivity index (χ1) is 30.7. The number of fused-ring (bicyclic) bond motifs is 2. The van der Waals surface area contributed by atoms with Crippen LogP contribution in [-0.4, -0.2) is 85.5 Å². The molecule has 2 fully saturated rings. The van der Waals surface area contributed by atoms with Gasteiger partial charge in [0.25, 0.3) is 16.6 Å². The Labute approximate surface area is 516 Å². The number of aromatic hydroxyl groups is 1. The molecular weight excluding hydrogens is 1230 g/mol. The molecule has 22 heteroatoms. The van der Waals surface area contributed by atoms with Gasteiger partial charge >= 0.3 is 138 Å². The second-order valence-electron chi connectivity index (χ2n) is 14.7. The van der Waals surface area contributed by atoms with Crippen molar-refractivity contribution in [1.82, 2.24) is 39.9 Å². The van der Waals surface area contributed by atoms with Crippen molar-refractivity contribution in [2.45, 2.75) is 90.3 Å². The van der Waals surface area contributed by atoms with Gasteiger partial charge in [0.1, 0.15) is 35.8 Å². The summed E-state index contributed by atoms with van der Waals surface area (Å²) in [7, 11) is -4.33. The van der Waals surface area contributed by atoms with E-state index >= 15 is 0 Å². The number of nitrogens with zero attached hydrogens (tertiary/aromatic N) is 8. The Morgan fingerprint density at radius 1 is 0.800 bits per heavy atom. The number of phenols is 1. The van der Waals surface area contributed by atoms with E-state index in [-0.39, 0.29) is 164 Å². The number of carbonyl (C=O) groups excluding carboxylic acids is 1. The number of rotatable bonds is 9. The molecule has 0 bridgehead atoms.